The average Bonchev–Trinajstić information content (AvgIpc) is 2.66. The molecule has 178 valence electrons. The van der Waals surface area contributed by atoms with Gasteiger partial charge in [0.1, 0.15) is 11.5 Å². The summed E-state index contributed by atoms with van der Waals surface area (Å²) in [6.45, 7) is 26.2. The minimum absolute atomic E-state index is 0.0796. The zero-order valence-electron chi connectivity index (χ0n) is 22.6. The van der Waals surface area contributed by atoms with Crippen molar-refractivity contribution in [3.8, 4) is 22.6 Å². The van der Waals surface area contributed by atoms with Gasteiger partial charge in [-0.05, 0) is 57.8 Å². The second-order valence-electron chi connectivity index (χ2n) is 12.8. The van der Waals surface area contributed by atoms with Crippen LogP contribution in [0.15, 0.2) is 24.3 Å². The molecule has 0 saturated heterocycles. The van der Waals surface area contributed by atoms with Crippen molar-refractivity contribution in [2.24, 2.45) is 0 Å². The summed E-state index contributed by atoms with van der Waals surface area (Å²) in [5, 5.41) is 23.1. The molecule has 0 bridgehead atoms. The van der Waals surface area contributed by atoms with Crippen molar-refractivity contribution in [2.45, 2.75) is 118 Å². The predicted octanol–water partition coefficient (Wildman–Crippen LogP) is 8.74. The van der Waals surface area contributed by atoms with Crippen LogP contribution < -0.4 is 0 Å². The minimum atomic E-state index is -0.178. The molecule has 2 aromatic carbocycles. The first-order valence-corrected chi connectivity index (χ1v) is 12.1. The first-order chi connectivity index (χ1) is 14.4. The van der Waals surface area contributed by atoms with Gasteiger partial charge < -0.3 is 10.2 Å². The zero-order valence-corrected chi connectivity index (χ0v) is 22.6. The Hall–Kier alpha value is -1.96. The first-order valence-electron chi connectivity index (χ1n) is 12.1. The molecule has 0 spiro atoms. The number of phenols is 2. The van der Waals surface area contributed by atoms with Gasteiger partial charge in [-0.2, -0.15) is 0 Å². The average molecular weight is 439 g/mol. The summed E-state index contributed by atoms with van der Waals surface area (Å²) in [5.74, 6) is 0.568. The summed E-state index contributed by atoms with van der Waals surface area (Å²) in [7, 11) is 0. The highest BCUT2D eigenvalue weighted by Crippen LogP contribution is 2.49. The van der Waals surface area contributed by atoms with Crippen LogP contribution in [0.3, 0.4) is 0 Å². The summed E-state index contributed by atoms with van der Waals surface area (Å²) in [6.07, 6.45) is 1.82. The van der Waals surface area contributed by atoms with Crippen molar-refractivity contribution in [2.75, 3.05) is 0 Å². The summed E-state index contributed by atoms with van der Waals surface area (Å²) in [4.78, 5) is 0. The van der Waals surface area contributed by atoms with Gasteiger partial charge in [0, 0.05) is 22.3 Å². The van der Waals surface area contributed by atoms with Crippen LogP contribution >= 0.6 is 0 Å². The van der Waals surface area contributed by atoms with Gasteiger partial charge in [-0.3, -0.25) is 0 Å². The molecule has 0 saturated carbocycles. The number of hydrogen-bond donors (Lipinski definition) is 2. The molecule has 2 aromatic rings. The zero-order chi connectivity index (χ0) is 24.9. The molecule has 2 rings (SSSR count). The second-order valence-corrected chi connectivity index (χ2v) is 12.8. The summed E-state index contributed by atoms with van der Waals surface area (Å²) in [6, 6.07) is 8.47. The molecule has 0 radical (unpaired) electrons. The summed E-state index contributed by atoms with van der Waals surface area (Å²) < 4.78 is 0. The van der Waals surface area contributed by atoms with Gasteiger partial charge in [-0.15, -0.1) is 0 Å². The van der Waals surface area contributed by atoms with Crippen molar-refractivity contribution in [1.82, 2.24) is 0 Å². The van der Waals surface area contributed by atoms with Crippen molar-refractivity contribution < 1.29 is 10.2 Å². The molecule has 2 N–H and O–H groups in total. The van der Waals surface area contributed by atoms with Gasteiger partial charge in [0.2, 0.25) is 0 Å². The van der Waals surface area contributed by atoms with Crippen LogP contribution in [0, 0.1) is 0 Å². The fourth-order valence-electron chi connectivity index (χ4n) is 3.96. The van der Waals surface area contributed by atoms with Crippen LogP contribution in [0.5, 0.6) is 11.5 Å². The van der Waals surface area contributed by atoms with Crippen molar-refractivity contribution >= 4 is 0 Å². The normalized spacial score (nSPS) is 13.5. The number of hydrogen-bond acceptors (Lipinski definition) is 2. The van der Waals surface area contributed by atoms with Crippen molar-refractivity contribution in [3.63, 3.8) is 0 Å². The van der Waals surface area contributed by atoms with E-state index < -0.39 is 0 Å². The van der Waals surface area contributed by atoms with Crippen molar-refractivity contribution in [1.29, 1.82) is 0 Å². The highest BCUT2D eigenvalue weighted by molar-refractivity contribution is 5.80. The van der Waals surface area contributed by atoms with Crippen molar-refractivity contribution in [3.05, 3.63) is 46.5 Å². The lowest BCUT2D eigenvalue weighted by Crippen LogP contribution is -2.20. The van der Waals surface area contributed by atoms with Gasteiger partial charge in [0.15, 0.2) is 0 Å². The Morgan fingerprint density at radius 2 is 0.812 bits per heavy atom. The minimum Gasteiger partial charge on any atom is -0.507 e. The third-order valence-corrected chi connectivity index (χ3v) is 7.47. The molecule has 0 aliphatic rings. The molecule has 0 aliphatic carbocycles. The van der Waals surface area contributed by atoms with Gasteiger partial charge in [0.25, 0.3) is 0 Å². The van der Waals surface area contributed by atoms with Crippen LogP contribution in [0.4, 0.5) is 0 Å². The third-order valence-electron chi connectivity index (χ3n) is 7.47. The number of phenolic OH excluding ortho intramolecular Hbond substituents is 2. The molecule has 2 nitrogen and oxygen atoms in total. The molecule has 32 heavy (non-hydrogen) atoms. The first kappa shape index (κ1) is 26.3. The SMILES string of the molecule is CCC(C)(C)c1cc(C(C)(C)C)cc(-c2cc(C(C)(C)C)cc(C(C)(C)CC)c2O)c1O. The van der Waals surface area contributed by atoms with Gasteiger partial charge in [-0.1, -0.05) is 95.2 Å². The fourth-order valence-corrected chi connectivity index (χ4v) is 3.96. The molecule has 0 heterocycles. The van der Waals surface area contributed by atoms with E-state index in [9.17, 15) is 10.2 Å². The standard InChI is InChI=1S/C30H46O2/c1-13-29(9,10)23-17-19(27(3,4)5)15-21(25(23)31)22-16-20(28(6,7)8)18-24(26(22)32)30(11,12)14-2/h15-18,31-32H,13-14H2,1-12H3. The third kappa shape index (κ3) is 5.00. The Bertz CT molecular complexity index is 898. The Labute approximate surface area is 197 Å². The van der Waals surface area contributed by atoms with Crippen LogP contribution in [-0.2, 0) is 21.7 Å². The van der Waals surface area contributed by atoms with Crippen LogP contribution in [-0.4, -0.2) is 10.2 Å². The number of rotatable bonds is 5. The van der Waals surface area contributed by atoms with E-state index in [1.807, 2.05) is 0 Å². The van der Waals surface area contributed by atoms with E-state index in [0.717, 1.165) is 35.1 Å². The smallest absolute Gasteiger partial charge is 0.127 e. The Morgan fingerprint density at radius 3 is 1.03 bits per heavy atom. The van der Waals surface area contributed by atoms with Gasteiger partial charge >= 0.3 is 0 Å². The lowest BCUT2D eigenvalue weighted by atomic mass is 9.73. The summed E-state index contributed by atoms with van der Waals surface area (Å²) >= 11 is 0. The Morgan fingerprint density at radius 1 is 0.531 bits per heavy atom. The van der Waals surface area contributed by atoms with E-state index in [4.69, 9.17) is 0 Å². The molecule has 2 heteroatoms. The monoisotopic (exact) mass is 438 g/mol. The summed E-state index contributed by atoms with van der Waals surface area (Å²) in [5.41, 5.74) is 5.16. The molecule has 0 aromatic heterocycles. The maximum atomic E-state index is 11.6. The molecular weight excluding hydrogens is 392 g/mol. The number of aromatic hydroxyl groups is 2. The topological polar surface area (TPSA) is 40.5 Å². The van der Waals surface area contributed by atoms with Crippen LogP contribution in [0.2, 0.25) is 0 Å². The maximum Gasteiger partial charge on any atom is 0.127 e. The predicted molar refractivity (Wildman–Crippen MR) is 139 cm³/mol. The lowest BCUT2D eigenvalue weighted by Gasteiger charge is -2.32. The molecule has 0 unspecified atom stereocenters. The fraction of sp³-hybridized carbons (Fsp3) is 0.600. The van der Waals surface area contributed by atoms with E-state index in [2.05, 4.69) is 107 Å². The maximum absolute atomic E-state index is 11.6. The van der Waals surface area contributed by atoms with E-state index in [0.29, 0.717) is 0 Å². The highest BCUT2D eigenvalue weighted by atomic mass is 16.3. The van der Waals surface area contributed by atoms with Gasteiger partial charge in [-0.25, -0.2) is 0 Å². The molecular formula is C30H46O2. The van der Waals surface area contributed by atoms with Crippen LogP contribution in [0.1, 0.15) is 118 Å². The Kier molecular flexibility index (Phi) is 6.93. The number of benzene rings is 2. The van der Waals surface area contributed by atoms with E-state index in [-0.39, 0.29) is 33.2 Å². The quantitative estimate of drug-likeness (QED) is 0.490. The molecule has 0 atom stereocenters. The molecule has 0 aliphatic heterocycles. The van der Waals surface area contributed by atoms with Crippen LogP contribution in [0.25, 0.3) is 11.1 Å². The molecule has 0 fully saturated rings. The van der Waals surface area contributed by atoms with Gasteiger partial charge in [0.05, 0.1) is 0 Å². The molecule has 0 amide bonds. The second kappa shape index (κ2) is 8.43. The van der Waals surface area contributed by atoms with E-state index in [1.165, 1.54) is 11.1 Å². The van der Waals surface area contributed by atoms with E-state index >= 15 is 0 Å². The highest BCUT2D eigenvalue weighted by Gasteiger charge is 2.31. The lowest BCUT2D eigenvalue weighted by molar-refractivity contribution is 0.421. The Balaban J connectivity index is 3.05. The largest absolute Gasteiger partial charge is 0.507 e. The van der Waals surface area contributed by atoms with E-state index in [1.54, 1.807) is 0 Å².